The molecule has 3 rings (SSSR count). The van der Waals surface area contributed by atoms with Crippen molar-refractivity contribution in [1.29, 1.82) is 0 Å². The first-order valence-electron chi connectivity index (χ1n) is 11.8. The van der Waals surface area contributed by atoms with E-state index in [1.807, 2.05) is 12.1 Å². The molecule has 3 unspecified atom stereocenters. The number of rotatable bonds is 14. The van der Waals surface area contributed by atoms with Gasteiger partial charge in [0.25, 0.3) is 18.3 Å². The van der Waals surface area contributed by atoms with E-state index in [9.17, 15) is 29.1 Å². The number of aliphatic hydroxyl groups excluding tert-OH is 1. The number of hydrogen-bond donors (Lipinski definition) is 2. The molecular formula is C25H30N2O9. The van der Waals surface area contributed by atoms with Crippen LogP contribution in [0, 0.1) is 0 Å². The van der Waals surface area contributed by atoms with Crippen LogP contribution in [0.15, 0.2) is 30.4 Å². The van der Waals surface area contributed by atoms with Crippen LogP contribution in [0.2, 0.25) is 0 Å². The third-order valence-corrected chi connectivity index (χ3v) is 5.81. The minimum Gasteiger partial charge on any atom is -0.464 e. The Bertz CT molecular complexity index is 976. The van der Waals surface area contributed by atoms with Crippen LogP contribution in [-0.2, 0) is 46.5 Å². The molecule has 2 aliphatic rings. The fourth-order valence-corrected chi connectivity index (χ4v) is 3.97. The number of benzene rings is 1. The highest BCUT2D eigenvalue weighted by molar-refractivity contribution is 6.13. The van der Waals surface area contributed by atoms with Gasteiger partial charge in [0.1, 0.15) is 24.7 Å². The first kappa shape index (κ1) is 27.0. The van der Waals surface area contributed by atoms with E-state index in [1.165, 1.54) is 12.2 Å². The Balaban J connectivity index is 1.43. The number of aliphatic hydroxyl groups is 1. The van der Waals surface area contributed by atoms with E-state index in [2.05, 4.69) is 5.32 Å². The van der Waals surface area contributed by atoms with Crippen LogP contribution in [0.4, 0.5) is 0 Å². The summed E-state index contributed by atoms with van der Waals surface area (Å²) in [4.78, 5) is 57.8. The number of nitrogens with zero attached hydrogens (tertiary/aromatic N) is 1. The lowest BCUT2D eigenvalue weighted by Gasteiger charge is -2.31. The van der Waals surface area contributed by atoms with Gasteiger partial charge in [-0.25, -0.2) is 0 Å². The third-order valence-electron chi connectivity index (χ3n) is 5.81. The zero-order valence-corrected chi connectivity index (χ0v) is 19.8. The zero-order valence-electron chi connectivity index (χ0n) is 19.8. The monoisotopic (exact) mass is 502 g/mol. The normalized spacial score (nSPS) is 21.4. The lowest BCUT2D eigenvalue weighted by Crippen LogP contribution is -2.39. The first-order valence-corrected chi connectivity index (χ1v) is 11.8. The lowest BCUT2D eigenvalue weighted by molar-refractivity contribution is -0.176. The predicted octanol–water partition coefficient (Wildman–Crippen LogP) is 0.557. The van der Waals surface area contributed by atoms with Gasteiger partial charge in [-0.15, -0.1) is 0 Å². The highest BCUT2D eigenvalue weighted by Gasteiger charge is 2.30. The summed E-state index contributed by atoms with van der Waals surface area (Å²) >= 11 is 0. The van der Waals surface area contributed by atoms with E-state index >= 15 is 0 Å². The van der Waals surface area contributed by atoms with Gasteiger partial charge in [-0.1, -0.05) is 6.07 Å². The number of carbonyl (C=O) groups is 5. The van der Waals surface area contributed by atoms with E-state index < -0.39 is 30.3 Å². The molecule has 2 aliphatic heterocycles. The van der Waals surface area contributed by atoms with Gasteiger partial charge in [-0.05, 0) is 37.0 Å². The van der Waals surface area contributed by atoms with Crippen molar-refractivity contribution in [2.45, 2.75) is 63.6 Å². The largest absolute Gasteiger partial charge is 0.464 e. The average Bonchev–Trinajstić information content (AvgIpc) is 3.18. The summed E-state index contributed by atoms with van der Waals surface area (Å²) in [5, 5.41) is 12.7. The van der Waals surface area contributed by atoms with Gasteiger partial charge in [0.15, 0.2) is 0 Å². The fourth-order valence-electron chi connectivity index (χ4n) is 3.97. The molecule has 3 amide bonds. The topological polar surface area (TPSA) is 149 Å². The molecule has 1 aromatic rings. The first-order chi connectivity index (χ1) is 17.4. The molecule has 0 aliphatic carbocycles. The van der Waals surface area contributed by atoms with Crippen molar-refractivity contribution < 1.29 is 43.3 Å². The minimum atomic E-state index is -0.800. The minimum absolute atomic E-state index is 0.00728. The van der Waals surface area contributed by atoms with Crippen molar-refractivity contribution in [1.82, 2.24) is 10.2 Å². The van der Waals surface area contributed by atoms with E-state index in [1.54, 1.807) is 6.07 Å². The Morgan fingerprint density at radius 3 is 2.67 bits per heavy atom. The maximum Gasteiger partial charge on any atom is 0.293 e. The van der Waals surface area contributed by atoms with E-state index in [0.717, 1.165) is 16.9 Å². The number of aryl methyl sites for hydroxylation is 1. The van der Waals surface area contributed by atoms with Crippen LogP contribution in [-0.4, -0.2) is 72.1 Å². The molecule has 0 spiro atoms. The lowest BCUT2D eigenvalue weighted by atomic mass is 10.0. The summed E-state index contributed by atoms with van der Waals surface area (Å²) in [6.45, 7) is 0.846. The molecule has 1 saturated heterocycles. The predicted molar refractivity (Wildman–Crippen MR) is 124 cm³/mol. The van der Waals surface area contributed by atoms with Crippen LogP contribution in [0.5, 0.6) is 5.75 Å². The Kier molecular flexibility index (Phi) is 10.1. The number of aldehydes is 1. The van der Waals surface area contributed by atoms with Crippen molar-refractivity contribution in [3.63, 3.8) is 0 Å². The van der Waals surface area contributed by atoms with Crippen molar-refractivity contribution >= 4 is 30.5 Å². The van der Waals surface area contributed by atoms with Crippen LogP contribution in [0.25, 0.3) is 0 Å². The number of hydrogen-bond acceptors (Lipinski definition) is 9. The molecule has 194 valence electrons. The SMILES string of the molecule is O=COCc1cc(CCCCNC(=O)CCN2C(=O)C=CC2=O)ccc1OC1CC(O)CC(C=O)O1. The quantitative estimate of drug-likeness (QED) is 0.211. The summed E-state index contributed by atoms with van der Waals surface area (Å²) in [7, 11) is 0. The van der Waals surface area contributed by atoms with Crippen LogP contribution < -0.4 is 10.1 Å². The number of ether oxygens (including phenoxy) is 3. The average molecular weight is 503 g/mol. The van der Waals surface area contributed by atoms with Gasteiger partial charge in [0.05, 0.1) is 6.10 Å². The maximum atomic E-state index is 12.0. The highest BCUT2D eigenvalue weighted by Crippen LogP contribution is 2.27. The molecule has 0 radical (unpaired) electrons. The Morgan fingerprint density at radius 1 is 1.17 bits per heavy atom. The van der Waals surface area contributed by atoms with Crippen LogP contribution >= 0.6 is 0 Å². The third kappa shape index (κ3) is 7.99. The molecule has 0 bridgehead atoms. The summed E-state index contributed by atoms with van der Waals surface area (Å²) in [5.74, 6) is -0.613. The van der Waals surface area contributed by atoms with Crippen LogP contribution in [0.3, 0.4) is 0 Å². The number of imide groups is 1. The highest BCUT2D eigenvalue weighted by atomic mass is 16.7. The molecule has 2 N–H and O–H groups in total. The smallest absolute Gasteiger partial charge is 0.293 e. The molecule has 36 heavy (non-hydrogen) atoms. The van der Waals surface area contributed by atoms with Gasteiger partial charge in [0, 0.05) is 50.1 Å². The zero-order chi connectivity index (χ0) is 25.9. The Morgan fingerprint density at radius 2 is 1.94 bits per heavy atom. The standard InChI is InChI=1S/C25H30N2O9/c28-14-20-12-19(30)13-25(35-20)36-21-5-4-17(11-18(21)15-34-16-29)3-1-2-9-26-22(31)8-10-27-23(32)6-7-24(27)33/h4-7,11,14,16,19-20,25,30H,1-3,8-10,12-13,15H2,(H,26,31). The molecule has 0 aromatic heterocycles. The molecule has 11 nitrogen and oxygen atoms in total. The number of amides is 3. The maximum absolute atomic E-state index is 12.0. The fraction of sp³-hybridized carbons (Fsp3) is 0.480. The summed E-state index contributed by atoms with van der Waals surface area (Å²) in [6, 6.07) is 5.45. The van der Waals surface area contributed by atoms with Gasteiger partial charge >= 0.3 is 0 Å². The molecule has 1 aromatic carbocycles. The Hall–Kier alpha value is -3.57. The molecular weight excluding hydrogens is 472 g/mol. The second-order valence-corrected chi connectivity index (χ2v) is 8.55. The van der Waals surface area contributed by atoms with Crippen LogP contribution in [0.1, 0.15) is 43.2 Å². The van der Waals surface area contributed by atoms with Crippen molar-refractivity contribution in [3.05, 3.63) is 41.5 Å². The molecule has 0 saturated carbocycles. The Labute approximate surface area is 208 Å². The van der Waals surface area contributed by atoms with E-state index in [0.29, 0.717) is 43.5 Å². The molecule has 1 fully saturated rings. The van der Waals surface area contributed by atoms with Gasteiger partial charge in [-0.2, -0.15) is 0 Å². The summed E-state index contributed by atoms with van der Waals surface area (Å²) < 4.78 is 16.3. The second-order valence-electron chi connectivity index (χ2n) is 8.55. The van der Waals surface area contributed by atoms with Gasteiger partial charge in [0.2, 0.25) is 12.2 Å². The van der Waals surface area contributed by atoms with Crippen molar-refractivity contribution in [2.24, 2.45) is 0 Å². The number of nitrogens with one attached hydrogen (secondary N) is 1. The van der Waals surface area contributed by atoms with Crippen molar-refractivity contribution in [3.8, 4) is 5.75 Å². The summed E-state index contributed by atoms with van der Waals surface area (Å²) in [5.41, 5.74) is 1.60. The van der Waals surface area contributed by atoms with Crippen molar-refractivity contribution in [2.75, 3.05) is 13.1 Å². The summed E-state index contributed by atoms with van der Waals surface area (Å²) in [6.07, 6.45) is 3.44. The van der Waals surface area contributed by atoms with Gasteiger partial charge in [-0.3, -0.25) is 24.1 Å². The number of carbonyl (C=O) groups excluding carboxylic acids is 5. The molecule has 3 atom stereocenters. The molecule has 11 heteroatoms. The number of unbranched alkanes of at least 4 members (excludes halogenated alkanes) is 1. The second kappa shape index (κ2) is 13.5. The molecule has 2 heterocycles. The van der Waals surface area contributed by atoms with E-state index in [-0.39, 0.29) is 38.3 Å². The van der Waals surface area contributed by atoms with E-state index in [4.69, 9.17) is 14.2 Å². The van der Waals surface area contributed by atoms with Gasteiger partial charge < -0.3 is 29.4 Å².